The Balaban J connectivity index is 1.49. The lowest BCUT2D eigenvalue weighted by molar-refractivity contribution is -0.154. The second kappa shape index (κ2) is 8.72. The number of anilines is 1. The molecular formula is C27H29FN6O2. The Morgan fingerprint density at radius 3 is 2.83 bits per heavy atom. The summed E-state index contributed by atoms with van der Waals surface area (Å²) in [4.78, 5) is 22.2. The van der Waals surface area contributed by atoms with Crippen LogP contribution in [-0.4, -0.2) is 42.8 Å². The fraction of sp³-hybridized carbons (Fsp3) is 0.407. The highest BCUT2D eigenvalue weighted by atomic mass is 19.1. The van der Waals surface area contributed by atoms with E-state index in [0.717, 1.165) is 36.8 Å². The number of aromatic nitrogens is 5. The minimum Gasteiger partial charge on any atom is -0.466 e. The van der Waals surface area contributed by atoms with Crippen LogP contribution in [0.15, 0.2) is 37.3 Å². The lowest BCUT2D eigenvalue weighted by Crippen LogP contribution is -2.52. The Hall–Kier alpha value is -3.75. The topological polar surface area (TPSA) is 86.3 Å². The first-order chi connectivity index (χ1) is 17.5. The number of carbonyl (C=O) groups is 1. The van der Waals surface area contributed by atoms with Crippen LogP contribution >= 0.6 is 0 Å². The first kappa shape index (κ1) is 22.7. The van der Waals surface area contributed by atoms with Crippen LogP contribution in [0.5, 0.6) is 0 Å². The quantitative estimate of drug-likeness (QED) is 0.391. The normalized spacial score (nSPS) is 23.3. The standard InChI is InChI=1S/C27H29FN6O2/c1-4-15-10-11-34-23(15)25(30-22-17-8-6-16(7-9-17)21(22)27(35)36-5-2)31-24(32-34)20-14-33(3)26-19(20)12-18(28)13-29-26/h4,10-14,16-17,21-22H,1,5-9H2,2-3H3,(H,30,31,32)/t16-,17+,21-,22?/m0/s1. The van der Waals surface area contributed by atoms with Gasteiger partial charge in [-0.05, 0) is 56.6 Å². The van der Waals surface area contributed by atoms with Crippen molar-refractivity contribution in [3.05, 3.63) is 48.7 Å². The number of halogens is 1. The number of nitrogens with zero attached hydrogens (tertiary/aromatic N) is 5. The van der Waals surface area contributed by atoms with E-state index in [9.17, 15) is 9.18 Å². The van der Waals surface area contributed by atoms with Gasteiger partial charge in [0.05, 0.1) is 18.7 Å². The molecule has 4 aromatic heterocycles. The maximum Gasteiger partial charge on any atom is 0.311 e. The van der Waals surface area contributed by atoms with Crippen molar-refractivity contribution in [1.29, 1.82) is 0 Å². The Bertz CT molecular complexity index is 1480. The smallest absolute Gasteiger partial charge is 0.311 e. The SMILES string of the molecule is C=Cc1ccn2nc(-c3cn(C)c4ncc(F)cc34)nc(NC3[C@H]4CC[C@H](CC4)[C@@H]3C(=O)OCC)c12. The summed E-state index contributed by atoms with van der Waals surface area (Å²) in [5.74, 6) is 0.983. The number of ether oxygens (including phenoxy) is 1. The molecule has 186 valence electrons. The summed E-state index contributed by atoms with van der Waals surface area (Å²) in [5.41, 5.74) is 3.02. The first-order valence-corrected chi connectivity index (χ1v) is 12.5. The highest BCUT2D eigenvalue weighted by Gasteiger charge is 2.48. The molecule has 3 aliphatic rings. The van der Waals surface area contributed by atoms with Gasteiger partial charge in [-0.1, -0.05) is 12.7 Å². The average Bonchev–Trinajstić information content (AvgIpc) is 3.45. The highest BCUT2D eigenvalue weighted by Crippen LogP contribution is 2.47. The van der Waals surface area contributed by atoms with Gasteiger partial charge in [-0.25, -0.2) is 18.9 Å². The van der Waals surface area contributed by atoms with Crippen molar-refractivity contribution >= 4 is 34.4 Å². The highest BCUT2D eigenvalue weighted by molar-refractivity contribution is 5.93. The monoisotopic (exact) mass is 488 g/mol. The van der Waals surface area contributed by atoms with Crippen molar-refractivity contribution in [1.82, 2.24) is 24.1 Å². The zero-order chi connectivity index (χ0) is 25.0. The van der Waals surface area contributed by atoms with Crippen molar-refractivity contribution in [2.45, 2.75) is 38.6 Å². The lowest BCUT2D eigenvalue weighted by Gasteiger charge is -2.47. The summed E-state index contributed by atoms with van der Waals surface area (Å²) in [5, 5.41) is 9.06. The van der Waals surface area contributed by atoms with Gasteiger partial charge in [0.15, 0.2) is 11.6 Å². The minimum atomic E-state index is -0.417. The fourth-order valence-electron chi connectivity index (χ4n) is 6.23. The van der Waals surface area contributed by atoms with Gasteiger partial charge in [-0.3, -0.25) is 4.79 Å². The van der Waals surface area contributed by atoms with E-state index >= 15 is 0 Å². The van der Waals surface area contributed by atoms with Gasteiger partial charge in [-0.15, -0.1) is 5.10 Å². The minimum absolute atomic E-state index is 0.0812. The molecule has 3 aliphatic carbocycles. The van der Waals surface area contributed by atoms with Crippen molar-refractivity contribution in [2.24, 2.45) is 24.8 Å². The van der Waals surface area contributed by atoms with Crippen LogP contribution < -0.4 is 5.32 Å². The van der Waals surface area contributed by atoms with E-state index in [2.05, 4.69) is 16.9 Å². The molecule has 0 amide bonds. The number of carbonyl (C=O) groups excluding carboxylic acids is 1. The molecule has 7 rings (SSSR count). The molecule has 4 aromatic rings. The van der Waals surface area contributed by atoms with Gasteiger partial charge < -0.3 is 14.6 Å². The molecule has 9 heteroatoms. The maximum absolute atomic E-state index is 14.1. The average molecular weight is 489 g/mol. The summed E-state index contributed by atoms with van der Waals surface area (Å²) >= 11 is 0. The van der Waals surface area contributed by atoms with E-state index in [4.69, 9.17) is 14.8 Å². The molecule has 36 heavy (non-hydrogen) atoms. The van der Waals surface area contributed by atoms with Gasteiger partial charge in [0.1, 0.15) is 17.0 Å². The molecule has 1 N–H and O–H groups in total. The van der Waals surface area contributed by atoms with E-state index in [-0.39, 0.29) is 17.9 Å². The molecule has 0 radical (unpaired) electrons. The Morgan fingerprint density at radius 1 is 1.31 bits per heavy atom. The molecule has 0 aromatic carbocycles. The third-order valence-corrected chi connectivity index (χ3v) is 7.86. The summed E-state index contributed by atoms with van der Waals surface area (Å²) in [7, 11) is 1.86. The lowest BCUT2D eigenvalue weighted by atomic mass is 9.61. The zero-order valence-corrected chi connectivity index (χ0v) is 20.4. The van der Waals surface area contributed by atoms with Crippen LogP contribution in [0.1, 0.15) is 38.2 Å². The number of fused-ring (bicyclic) bond motifs is 5. The van der Waals surface area contributed by atoms with E-state index in [1.165, 1.54) is 12.3 Å². The fourth-order valence-corrected chi connectivity index (χ4v) is 6.23. The molecule has 2 bridgehead atoms. The van der Waals surface area contributed by atoms with Gasteiger partial charge in [0.25, 0.3) is 0 Å². The number of pyridine rings is 1. The van der Waals surface area contributed by atoms with Crippen LogP contribution in [-0.2, 0) is 16.6 Å². The second-order valence-electron chi connectivity index (χ2n) is 9.85. The largest absolute Gasteiger partial charge is 0.466 e. The Kier molecular flexibility index (Phi) is 5.50. The molecule has 0 aliphatic heterocycles. The number of nitrogens with one attached hydrogen (secondary N) is 1. The molecule has 2 atom stereocenters. The van der Waals surface area contributed by atoms with Crippen molar-refractivity contribution in [2.75, 3.05) is 11.9 Å². The number of aryl methyl sites for hydroxylation is 1. The molecule has 0 saturated heterocycles. The molecule has 8 nitrogen and oxygen atoms in total. The van der Waals surface area contributed by atoms with Crippen LogP contribution in [0.3, 0.4) is 0 Å². The van der Waals surface area contributed by atoms with Crippen LogP contribution in [0, 0.1) is 23.6 Å². The predicted molar refractivity (Wildman–Crippen MR) is 136 cm³/mol. The number of hydrogen-bond acceptors (Lipinski definition) is 6. The summed E-state index contributed by atoms with van der Waals surface area (Å²) in [6.07, 6.45) is 11.0. The predicted octanol–water partition coefficient (Wildman–Crippen LogP) is 4.84. The molecular weight excluding hydrogens is 459 g/mol. The zero-order valence-electron chi connectivity index (χ0n) is 20.4. The number of esters is 1. The van der Waals surface area contributed by atoms with Crippen molar-refractivity contribution in [3.8, 4) is 11.4 Å². The van der Waals surface area contributed by atoms with Gasteiger partial charge in [0, 0.05) is 42.0 Å². The van der Waals surface area contributed by atoms with Crippen molar-refractivity contribution < 1.29 is 13.9 Å². The summed E-state index contributed by atoms with van der Waals surface area (Å²) in [6, 6.07) is 3.31. The molecule has 0 spiro atoms. The first-order valence-electron chi connectivity index (χ1n) is 12.5. The molecule has 1 unspecified atom stereocenters. The number of rotatable bonds is 6. The van der Waals surface area contributed by atoms with E-state index in [1.807, 2.05) is 37.0 Å². The third-order valence-electron chi connectivity index (χ3n) is 7.86. The van der Waals surface area contributed by atoms with E-state index in [0.29, 0.717) is 46.7 Å². The van der Waals surface area contributed by atoms with Crippen LogP contribution in [0.2, 0.25) is 0 Å². The summed E-state index contributed by atoms with van der Waals surface area (Å²) < 4.78 is 23.2. The maximum atomic E-state index is 14.1. The van der Waals surface area contributed by atoms with Gasteiger partial charge in [-0.2, -0.15) is 0 Å². The van der Waals surface area contributed by atoms with E-state index < -0.39 is 5.82 Å². The molecule has 4 heterocycles. The third kappa shape index (κ3) is 3.56. The summed E-state index contributed by atoms with van der Waals surface area (Å²) in [6.45, 7) is 6.17. The Labute approximate surface area is 208 Å². The number of hydrogen-bond donors (Lipinski definition) is 1. The van der Waals surface area contributed by atoms with Gasteiger partial charge >= 0.3 is 5.97 Å². The van der Waals surface area contributed by atoms with Gasteiger partial charge in [0.2, 0.25) is 0 Å². The Morgan fingerprint density at radius 2 is 2.08 bits per heavy atom. The van der Waals surface area contributed by atoms with E-state index in [1.54, 1.807) is 10.6 Å². The van der Waals surface area contributed by atoms with Crippen LogP contribution in [0.4, 0.5) is 10.2 Å². The second-order valence-corrected chi connectivity index (χ2v) is 9.85. The van der Waals surface area contributed by atoms with Crippen LogP contribution in [0.25, 0.3) is 34.0 Å². The molecule has 3 saturated carbocycles. The van der Waals surface area contributed by atoms with Crippen molar-refractivity contribution in [3.63, 3.8) is 0 Å². The molecule has 3 fully saturated rings.